The van der Waals surface area contributed by atoms with Crippen LogP contribution in [0.1, 0.15) is 6.42 Å². The maximum absolute atomic E-state index is 11.7. The Morgan fingerprint density at radius 2 is 2.03 bits per heavy atom. The maximum atomic E-state index is 11.7. The summed E-state index contributed by atoms with van der Waals surface area (Å²) < 4.78 is 7.72. The van der Waals surface area contributed by atoms with E-state index in [0.29, 0.717) is 40.7 Å². The molecule has 0 atom stereocenters. The zero-order chi connectivity index (χ0) is 26.5. The zero-order valence-electron chi connectivity index (χ0n) is 21.2. The number of nitrogens with zero attached hydrogens (tertiary/aromatic N) is 6. The Hall–Kier alpha value is -4.48. The van der Waals surface area contributed by atoms with Gasteiger partial charge in [0.1, 0.15) is 18.3 Å². The van der Waals surface area contributed by atoms with E-state index in [1.165, 1.54) is 6.08 Å². The molecule has 2 aliphatic heterocycles. The zero-order valence-corrected chi connectivity index (χ0v) is 21.2. The number of piperazine rings is 1. The Labute approximate surface area is 220 Å². The standard InChI is InChI=1S/C27H30N8O3/c1-3-24(37)29-19-6-4-8-21(16-19)38-26-22-10-11-35(18-36)25(22)31-27(32-26)30-20-7-5-9-23(28-17-20)34-14-12-33(2)13-15-34/h3-4,6-11,16-17,36H,1,5,12-15,18H2,2H3,(H,29,37)(H,30,31,32). The minimum atomic E-state index is -0.318. The average molecular weight is 515 g/mol. The molecule has 196 valence electrons. The largest absolute Gasteiger partial charge is 0.438 e. The van der Waals surface area contributed by atoms with Crippen molar-refractivity contribution in [3.63, 3.8) is 0 Å². The third-order valence-corrected chi connectivity index (χ3v) is 6.30. The number of carbonyl (C=O) groups excluding carboxylic acids is 1. The number of ether oxygens (including phenoxy) is 1. The molecule has 0 radical (unpaired) electrons. The van der Waals surface area contributed by atoms with Crippen molar-refractivity contribution in [2.24, 2.45) is 4.99 Å². The minimum absolute atomic E-state index is 0.245. The van der Waals surface area contributed by atoms with Gasteiger partial charge in [-0.1, -0.05) is 18.7 Å². The van der Waals surface area contributed by atoms with Gasteiger partial charge in [-0.3, -0.25) is 4.79 Å². The smallest absolute Gasteiger partial charge is 0.247 e. The lowest BCUT2D eigenvalue weighted by Crippen LogP contribution is -2.43. The number of carbonyl (C=O) groups is 1. The third kappa shape index (κ3) is 5.74. The lowest BCUT2D eigenvalue weighted by Gasteiger charge is -2.33. The van der Waals surface area contributed by atoms with E-state index in [1.807, 2.05) is 6.08 Å². The summed E-state index contributed by atoms with van der Waals surface area (Å²) in [6.07, 6.45) is 9.55. The molecule has 2 aliphatic rings. The van der Waals surface area contributed by atoms with E-state index in [2.05, 4.69) is 50.1 Å². The Bertz CT molecular complexity index is 1430. The molecule has 1 saturated heterocycles. The SMILES string of the molecule is C=CC(=O)Nc1cccc(Oc2nc(NC3=CCC=C(N4CCN(C)CC4)N=C3)nc3c2ccn3CO)c1. The van der Waals surface area contributed by atoms with E-state index in [1.54, 1.807) is 47.3 Å². The number of aromatic nitrogens is 3. The van der Waals surface area contributed by atoms with Gasteiger partial charge in [-0.15, -0.1) is 0 Å². The van der Waals surface area contributed by atoms with Gasteiger partial charge in [0.15, 0.2) is 5.65 Å². The summed E-state index contributed by atoms with van der Waals surface area (Å²) in [5.41, 5.74) is 1.83. The van der Waals surface area contributed by atoms with Gasteiger partial charge in [0, 0.05) is 44.1 Å². The van der Waals surface area contributed by atoms with Crippen LogP contribution in [0.15, 0.2) is 77.8 Å². The molecule has 11 heteroatoms. The van der Waals surface area contributed by atoms with Gasteiger partial charge in [0.05, 0.1) is 17.3 Å². The Kier molecular flexibility index (Phi) is 7.47. The maximum Gasteiger partial charge on any atom is 0.247 e. The fourth-order valence-corrected chi connectivity index (χ4v) is 4.22. The molecule has 0 aliphatic carbocycles. The summed E-state index contributed by atoms with van der Waals surface area (Å²) in [5.74, 6) is 1.73. The van der Waals surface area contributed by atoms with E-state index in [-0.39, 0.29) is 12.6 Å². The number of benzene rings is 1. The van der Waals surface area contributed by atoms with Gasteiger partial charge in [-0.05, 0) is 43.8 Å². The van der Waals surface area contributed by atoms with Crippen LogP contribution in [0.2, 0.25) is 0 Å². The number of rotatable bonds is 8. The van der Waals surface area contributed by atoms with Crippen molar-refractivity contribution >= 4 is 34.8 Å². The fourth-order valence-electron chi connectivity index (χ4n) is 4.22. The number of fused-ring (bicyclic) bond motifs is 1. The highest BCUT2D eigenvalue weighted by Gasteiger charge is 2.18. The van der Waals surface area contributed by atoms with Gasteiger partial charge in [0.2, 0.25) is 17.7 Å². The summed E-state index contributed by atoms with van der Waals surface area (Å²) in [6.45, 7) is 7.14. The lowest BCUT2D eigenvalue weighted by atomic mass is 10.3. The van der Waals surface area contributed by atoms with Crippen molar-refractivity contribution in [1.29, 1.82) is 0 Å². The van der Waals surface area contributed by atoms with Crippen molar-refractivity contribution in [2.75, 3.05) is 43.9 Å². The van der Waals surface area contributed by atoms with E-state index in [4.69, 9.17) is 9.73 Å². The Morgan fingerprint density at radius 3 is 2.82 bits per heavy atom. The number of nitrogens with one attached hydrogen (secondary N) is 2. The van der Waals surface area contributed by atoms with Crippen LogP contribution in [0.5, 0.6) is 11.6 Å². The number of allylic oxidation sites excluding steroid dienone is 3. The summed E-state index contributed by atoms with van der Waals surface area (Å²) in [5, 5.41) is 16.4. The molecule has 5 rings (SSSR count). The first-order chi connectivity index (χ1) is 18.5. The molecule has 0 unspecified atom stereocenters. The molecular formula is C27H30N8O3. The van der Waals surface area contributed by atoms with Crippen molar-refractivity contribution < 1.29 is 14.6 Å². The predicted molar refractivity (Wildman–Crippen MR) is 147 cm³/mol. The molecule has 3 N–H and O–H groups in total. The molecule has 0 saturated carbocycles. The third-order valence-electron chi connectivity index (χ3n) is 6.30. The van der Waals surface area contributed by atoms with Crippen LogP contribution in [-0.4, -0.2) is 74.8 Å². The van der Waals surface area contributed by atoms with Gasteiger partial charge in [0.25, 0.3) is 0 Å². The number of hydrogen-bond acceptors (Lipinski definition) is 9. The first kappa shape index (κ1) is 25.2. The summed E-state index contributed by atoms with van der Waals surface area (Å²) >= 11 is 0. The van der Waals surface area contributed by atoms with Crippen LogP contribution < -0.4 is 15.4 Å². The first-order valence-electron chi connectivity index (χ1n) is 12.4. The Morgan fingerprint density at radius 1 is 1.18 bits per heavy atom. The number of aliphatic imine (C=N–C) groups is 1. The molecule has 38 heavy (non-hydrogen) atoms. The van der Waals surface area contributed by atoms with E-state index in [0.717, 1.165) is 37.7 Å². The highest BCUT2D eigenvalue weighted by Crippen LogP contribution is 2.31. The number of likely N-dealkylation sites (N-methyl/N-ethyl adjacent to an activating group) is 1. The highest BCUT2D eigenvalue weighted by molar-refractivity contribution is 5.99. The molecule has 0 spiro atoms. The van der Waals surface area contributed by atoms with Crippen molar-refractivity contribution in [3.8, 4) is 11.6 Å². The molecule has 4 heterocycles. The van der Waals surface area contributed by atoms with Crippen molar-refractivity contribution in [3.05, 3.63) is 72.9 Å². The van der Waals surface area contributed by atoms with E-state index >= 15 is 0 Å². The lowest BCUT2D eigenvalue weighted by molar-refractivity contribution is -0.111. The summed E-state index contributed by atoms with van der Waals surface area (Å²) in [6, 6.07) is 8.76. The van der Waals surface area contributed by atoms with E-state index < -0.39 is 0 Å². The molecule has 1 amide bonds. The van der Waals surface area contributed by atoms with Crippen LogP contribution in [0, 0.1) is 0 Å². The van der Waals surface area contributed by atoms with Gasteiger partial charge in [-0.2, -0.15) is 9.97 Å². The molecule has 1 aromatic carbocycles. The predicted octanol–water partition coefficient (Wildman–Crippen LogP) is 3.16. The fraction of sp³-hybridized carbons (Fsp3) is 0.259. The molecule has 1 fully saturated rings. The van der Waals surface area contributed by atoms with Crippen LogP contribution in [0.4, 0.5) is 11.6 Å². The second-order valence-corrected chi connectivity index (χ2v) is 8.97. The number of anilines is 2. The number of aliphatic hydroxyl groups is 1. The second kappa shape index (κ2) is 11.3. The number of hydrogen-bond donors (Lipinski definition) is 3. The van der Waals surface area contributed by atoms with Gasteiger partial charge < -0.3 is 34.8 Å². The van der Waals surface area contributed by atoms with E-state index in [9.17, 15) is 9.90 Å². The summed E-state index contributed by atoms with van der Waals surface area (Å²) in [7, 11) is 2.13. The molecule has 0 bridgehead atoms. The van der Waals surface area contributed by atoms with Crippen LogP contribution >= 0.6 is 0 Å². The Balaban J connectivity index is 1.38. The monoisotopic (exact) mass is 514 g/mol. The highest BCUT2D eigenvalue weighted by atomic mass is 16.5. The molecule has 11 nitrogen and oxygen atoms in total. The minimum Gasteiger partial charge on any atom is -0.438 e. The van der Waals surface area contributed by atoms with Gasteiger partial charge in [-0.25, -0.2) is 4.99 Å². The molecule has 2 aromatic heterocycles. The number of aliphatic hydroxyl groups excluding tert-OH is 1. The molecule has 3 aromatic rings. The molecular weight excluding hydrogens is 484 g/mol. The first-order valence-corrected chi connectivity index (χ1v) is 12.4. The average Bonchev–Trinajstić information content (AvgIpc) is 3.20. The normalized spacial score (nSPS) is 16.0. The second-order valence-electron chi connectivity index (χ2n) is 8.97. The van der Waals surface area contributed by atoms with Crippen LogP contribution in [0.25, 0.3) is 11.0 Å². The van der Waals surface area contributed by atoms with Crippen molar-refractivity contribution in [1.82, 2.24) is 24.3 Å². The van der Waals surface area contributed by atoms with Crippen LogP contribution in [-0.2, 0) is 11.5 Å². The topological polar surface area (TPSA) is 120 Å². The van der Waals surface area contributed by atoms with Crippen LogP contribution in [0.3, 0.4) is 0 Å². The number of amides is 1. The van der Waals surface area contributed by atoms with Crippen molar-refractivity contribution in [2.45, 2.75) is 13.2 Å². The van der Waals surface area contributed by atoms with Gasteiger partial charge >= 0.3 is 0 Å². The quantitative estimate of drug-likeness (QED) is 0.392. The summed E-state index contributed by atoms with van der Waals surface area (Å²) in [4.78, 5) is 30.2.